The van der Waals surface area contributed by atoms with Gasteiger partial charge in [0.2, 0.25) is 5.91 Å². The molecule has 0 unspecified atom stereocenters. The fourth-order valence-corrected chi connectivity index (χ4v) is 1.36. The first-order valence-electron chi connectivity index (χ1n) is 5.47. The van der Waals surface area contributed by atoms with Gasteiger partial charge in [0.25, 0.3) is 0 Å². The molecule has 0 rings (SSSR count). The van der Waals surface area contributed by atoms with Crippen LogP contribution in [-0.2, 0) is 4.79 Å². The van der Waals surface area contributed by atoms with Crippen molar-refractivity contribution < 1.29 is 15.0 Å². The number of carbonyl (C=O) groups is 1. The quantitative estimate of drug-likeness (QED) is 0.435. The Bertz CT molecular complexity index is 245. The lowest BCUT2D eigenvalue weighted by molar-refractivity contribution is -0.131. The van der Waals surface area contributed by atoms with Crippen molar-refractivity contribution in [2.45, 2.75) is 6.42 Å². The maximum Gasteiger partial charge on any atom is 0.236 e. The van der Waals surface area contributed by atoms with Crippen molar-refractivity contribution in [3.05, 3.63) is 0 Å². The SMILES string of the molecule is CN(CCC(N)=S)C(=O)CN(CCO)CCO. The molecule has 17 heavy (non-hydrogen) atoms. The van der Waals surface area contributed by atoms with Crippen LogP contribution in [-0.4, -0.2) is 77.3 Å². The highest BCUT2D eigenvalue weighted by molar-refractivity contribution is 7.80. The first-order valence-corrected chi connectivity index (χ1v) is 5.88. The molecule has 0 heterocycles. The van der Waals surface area contributed by atoms with Crippen LogP contribution < -0.4 is 5.73 Å². The van der Waals surface area contributed by atoms with Gasteiger partial charge in [0.05, 0.1) is 24.7 Å². The van der Waals surface area contributed by atoms with E-state index in [0.29, 0.717) is 31.0 Å². The summed E-state index contributed by atoms with van der Waals surface area (Å²) in [6.07, 6.45) is 0.498. The Balaban J connectivity index is 4.05. The van der Waals surface area contributed by atoms with E-state index in [2.05, 4.69) is 0 Å². The van der Waals surface area contributed by atoms with Crippen LogP contribution in [0.3, 0.4) is 0 Å². The van der Waals surface area contributed by atoms with E-state index in [0.717, 1.165) is 0 Å². The third-order valence-corrected chi connectivity index (χ3v) is 2.51. The molecule has 0 aliphatic rings. The Kier molecular flexibility index (Phi) is 8.87. The summed E-state index contributed by atoms with van der Waals surface area (Å²) in [5.74, 6) is -0.0804. The normalized spacial score (nSPS) is 10.6. The summed E-state index contributed by atoms with van der Waals surface area (Å²) in [6.45, 7) is 1.33. The molecule has 7 heteroatoms. The molecule has 1 amide bonds. The van der Waals surface area contributed by atoms with Crippen LogP contribution in [0.5, 0.6) is 0 Å². The number of nitrogens with zero attached hydrogens (tertiary/aromatic N) is 2. The van der Waals surface area contributed by atoms with E-state index in [1.54, 1.807) is 16.8 Å². The van der Waals surface area contributed by atoms with Crippen LogP contribution in [0.15, 0.2) is 0 Å². The number of rotatable bonds is 9. The number of nitrogens with two attached hydrogens (primary N) is 1. The van der Waals surface area contributed by atoms with E-state index < -0.39 is 0 Å². The van der Waals surface area contributed by atoms with Crippen LogP contribution >= 0.6 is 12.2 Å². The van der Waals surface area contributed by atoms with Crippen molar-refractivity contribution in [1.82, 2.24) is 9.80 Å². The van der Waals surface area contributed by atoms with E-state index in [9.17, 15) is 4.79 Å². The van der Waals surface area contributed by atoms with Gasteiger partial charge in [-0.15, -0.1) is 0 Å². The molecule has 0 atom stereocenters. The van der Waals surface area contributed by atoms with E-state index in [4.69, 9.17) is 28.2 Å². The minimum atomic E-state index is -0.0804. The maximum absolute atomic E-state index is 11.8. The molecule has 0 aromatic heterocycles. The third kappa shape index (κ3) is 8.03. The summed E-state index contributed by atoms with van der Waals surface area (Å²) in [7, 11) is 1.68. The molecule has 0 bridgehead atoms. The summed E-state index contributed by atoms with van der Waals surface area (Å²) in [5, 5.41) is 17.6. The third-order valence-electron chi connectivity index (χ3n) is 2.31. The lowest BCUT2D eigenvalue weighted by atomic mass is 10.3. The van der Waals surface area contributed by atoms with Gasteiger partial charge in [-0.2, -0.15) is 0 Å². The highest BCUT2D eigenvalue weighted by Gasteiger charge is 2.13. The summed E-state index contributed by atoms with van der Waals surface area (Å²) in [5.41, 5.74) is 5.35. The summed E-state index contributed by atoms with van der Waals surface area (Å²) in [4.78, 5) is 15.4. The number of hydrogen-bond acceptors (Lipinski definition) is 5. The molecular formula is C10H21N3O3S. The molecule has 6 nitrogen and oxygen atoms in total. The summed E-state index contributed by atoms with van der Waals surface area (Å²) < 4.78 is 0. The molecule has 0 aromatic carbocycles. The predicted molar refractivity (Wildman–Crippen MR) is 69.7 cm³/mol. The number of aliphatic hydroxyl groups is 2. The van der Waals surface area contributed by atoms with Crippen LogP contribution in [0, 0.1) is 0 Å². The Labute approximate surface area is 107 Å². The number of likely N-dealkylation sites (N-methyl/N-ethyl adjacent to an activating group) is 1. The van der Waals surface area contributed by atoms with Crippen molar-refractivity contribution >= 4 is 23.1 Å². The zero-order valence-electron chi connectivity index (χ0n) is 10.1. The van der Waals surface area contributed by atoms with Crippen molar-refractivity contribution in [2.75, 3.05) is 46.4 Å². The van der Waals surface area contributed by atoms with Crippen LogP contribution in [0.25, 0.3) is 0 Å². The smallest absolute Gasteiger partial charge is 0.236 e. The number of aliphatic hydroxyl groups excluding tert-OH is 2. The topological polar surface area (TPSA) is 90.0 Å². The fraction of sp³-hybridized carbons (Fsp3) is 0.800. The second-order valence-corrected chi connectivity index (χ2v) is 4.28. The lowest BCUT2D eigenvalue weighted by Crippen LogP contribution is -2.41. The Morgan fingerprint density at radius 2 is 1.76 bits per heavy atom. The van der Waals surface area contributed by atoms with Crippen LogP contribution in [0.2, 0.25) is 0 Å². The molecule has 0 aromatic rings. The van der Waals surface area contributed by atoms with Crippen molar-refractivity contribution in [3.8, 4) is 0 Å². The molecule has 0 radical (unpaired) electrons. The molecule has 0 fully saturated rings. The first kappa shape index (κ1) is 16.2. The lowest BCUT2D eigenvalue weighted by Gasteiger charge is -2.23. The van der Waals surface area contributed by atoms with Gasteiger partial charge < -0.3 is 20.8 Å². The average Bonchev–Trinajstić information content (AvgIpc) is 2.26. The molecular weight excluding hydrogens is 242 g/mol. The first-order chi connectivity index (χ1) is 8.01. The van der Waals surface area contributed by atoms with Crippen molar-refractivity contribution in [1.29, 1.82) is 0 Å². The molecule has 4 N–H and O–H groups in total. The van der Waals surface area contributed by atoms with Gasteiger partial charge >= 0.3 is 0 Å². The van der Waals surface area contributed by atoms with Gasteiger partial charge in [-0.3, -0.25) is 9.69 Å². The number of amides is 1. The zero-order chi connectivity index (χ0) is 13.3. The van der Waals surface area contributed by atoms with Gasteiger partial charge in [0, 0.05) is 33.1 Å². The van der Waals surface area contributed by atoms with Gasteiger partial charge in [-0.05, 0) is 0 Å². The number of hydrogen-bond donors (Lipinski definition) is 3. The minimum absolute atomic E-state index is 0.0378. The molecule has 0 saturated carbocycles. The van der Waals surface area contributed by atoms with E-state index in [1.807, 2.05) is 0 Å². The van der Waals surface area contributed by atoms with Crippen molar-refractivity contribution in [2.24, 2.45) is 5.73 Å². The van der Waals surface area contributed by atoms with Gasteiger partial charge in [-0.1, -0.05) is 12.2 Å². The van der Waals surface area contributed by atoms with Crippen LogP contribution in [0.4, 0.5) is 0 Å². The monoisotopic (exact) mass is 263 g/mol. The minimum Gasteiger partial charge on any atom is -0.395 e. The standard InChI is InChI=1S/C10H21N3O3S/c1-12(3-2-9(11)17)10(16)8-13(4-6-14)5-7-15/h14-15H,2-8H2,1H3,(H2,11,17). The summed E-state index contributed by atoms with van der Waals surface area (Å²) >= 11 is 4.73. The van der Waals surface area contributed by atoms with Crippen LogP contribution in [0.1, 0.15) is 6.42 Å². The molecule has 100 valence electrons. The highest BCUT2D eigenvalue weighted by atomic mass is 32.1. The van der Waals surface area contributed by atoms with Gasteiger partial charge in [0.1, 0.15) is 0 Å². The molecule has 0 spiro atoms. The van der Waals surface area contributed by atoms with E-state index in [-0.39, 0.29) is 25.7 Å². The van der Waals surface area contributed by atoms with Gasteiger partial charge in [0.15, 0.2) is 0 Å². The van der Waals surface area contributed by atoms with Gasteiger partial charge in [-0.25, -0.2) is 0 Å². The molecule has 0 saturated heterocycles. The number of thiocarbonyl (C=S) groups is 1. The molecule has 0 aliphatic heterocycles. The molecule has 0 aliphatic carbocycles. The zero-order valence-corrected chi connectivity index (χ0v) is 10.9. The Morgan fingerprint density at radius 3 is 2.18 bits per heavy atom. The highest BCUT2D eigenvalue weighted by Crippen LogP contribution is 1.94. The van der Waals surface area contributed by atoms with E-state index in [1.165, 1.54) is 0 Å². The summed E-state index contributed by atoms with van der Waals surface area (Å²) in [6, 6.07) is 0. The average molecular weight is 263 g/mol. The Hall–Kier alpha value is -0.760. The second-order valence-electron chi connectivity index (χ2n) is 3.75. The fourth-order valence-electron chi connectivity index (χ4n) is 1.27. The maximum atomic E-state index is 11.8. The van der Waals surface area contributed by atoms with E-state index >= 15 is 0 Å². The van der Waals surface area contributed by atoms with Crippen molar-refractivity contribution in [3.63, 3.8) is 0 Å². The number of carbonyl (C=O) groups excluding carboxylic acids is 1. The predicted octanol–water partition coefficient (Wildman–Crippen LogP) is -1.59. The Morgan fingerprint density at radius 1 is 1.24 bits per heavy atom. The largest absolute Gasteiger partial charge is 0.395 e. The second kappa shape index (κ2) is 9.29.